The molecule has 0 aliphatic carbocycles. The first kappa shape index (κ1) is 10.9. The molecule has 2 aromatic rings. The summed E-state index contributed by atoms with van der Waals surface area (Å²) in [5, 5.41) is 0. The number of nitrogens with one attached hydrogen (secondary N) is 1. The van der Waals surface area contributed by atoms with Gasteiger partial charge in [0.15, 0.2) is 0 Å². The minimum Gasteiger partial charge on any atom is -0.343 e. The SMILES string of the molecule is CCc1nc(=S)c(C)c(-c2cncnc2)[nH]1. The van der Waals surface area contributed by atoms with Crippen LogP contribution in [-0.4, -0.2) is 19.9 Å². The largest absolute Gasteiger partial charge is 0.343 e. The lowest BCUT2D eigenvalue weighted by atomic mass is 10.1. The molecule has 0 atom stereocenters. The molecule has 0 unspecified atom stereocenters. The van der Waals surface area contributed by atoms with Gasteiger partial charge >= 0.3 is 0 Å². The van der Waals surface area contributed by atoms with Gasteiger partial charge in [0.25, 0.3) is 0 Å². The molecule has 0 radical (unpaired) electrons. The highest BCUT2D eigenvalue weighted by atomic mass is 32.1. The van der Waals surface area contributed by atoms with Crippen LogP contribution in [0.2, 0.25) is 0 Å². The van der Waals surface area contributed by atoms with Crippen LogP contribution in [0.15, 0.2) is 18.7 Å². The van der Waals surface area contributed by atoms with Crippen LogP contribution >= 0.6 is 12.2 Å². The van der Waals surface area contributed by atoms with E-state index in [4.69, 9.17) is 12.2 Å². The number of hydrogen-bond donors (Lipinski definition) is 1. The van der Waals surface area contributed by atoms with Crippen molar-refractivity contribution in [2.24, 2.45) is 0 Å². The van der Waals surface area contributed by atoms with Gasteiger partial charge in [-0.1, -0.05) is 19.1 Å². The molecular formula is C11H12N4S. The molecule has 0 saturated carbocycles. The van der Waals surface area contributed by atoms with E-state index < -0.39 is 0 Å². The highest BCUT2D eigenvalue weighted by Gasteiger charge is 2.06. The number of H-pyrrole nitrogens is 1. The van der Waals surface area contributed by atoms with E-state index in [2.05, 4.69) is 19.9 Å². The maximum absolute atomic E-state index is 5.22. The number of aromatic nitrogens is 4. The summed E-state index contributed by atoms with van der Waals surface area (Å²) < 4.78 is 0.634. The third kappa shape index (κ3) is 1.99. The second kappa shape index (κ2) is 4.49. The smallest absolute Gasteiger partial charge is 0.133 e. The predicted octanol–water partition coefficient (Wildman–Crippen LogP) is 2.47. The van der Waals surface area contributed by atoms with Gasteiger partial charge in [0, 0.05) is 29.9 Å². The van der Waals surface area contributed by atoms with E-state index in [1.165, 1.54) is 6.33 Å². The molecule has 4 nitrogen and oxygen atoms in total. The van der Waals surface area contributed by atoms with Gasteiger partial charge in [0.05, 0.1) is 5.69 Å². The van der Waals surface area contributed by atoms with E-state index in [1.807, 2.05) is 13.8 Å². The van der Waals surface area contributed by atoms with Crippen LogP contribution in [0, 0.1) is 11.6 Å². The lowest BCUT2D eigenvalue weighted by molar-refractivity contribution is 0.924. The number of aryl methyl sites for hydroxylation is 1. The zero-order valence-corrected chi connectivity index (χ0v) is 10.0. The molecule has 2 heterocycles. The second-order valence-corrected chi connectivity index (χ2v) is 3.86. The summed E-state index contributed by atoms with van der Waals surface area (Å²) >= 11 is 5.22. The molecule has 0 fully saturated rings. The van der Waals surface area contributed by atoms with Crippen LogP contribution in [0.5, 0.6) is 0 Å². The molecule has 82 valence electrons. The summed E-state index contributed by atoms with van der Waals surface area (Å²) in [5.41, 5.74) is 2.85. The maximum Gasteiger partial charge on any atom is 0.133 e. The minimum atomic E-state index is 0.634. The Morgan fingerprint density at radius 3 is 2.62 bits per heavy atom. The Hall–Kier alpha value is -1.62. The number of nitrogens with zero attached hydrogens (tertiary/aromatic N) is 3. The summed E-state index contributed by atoms with van der Waals surface area (Å²) in [5.74, 6) is 0.884. The van der Waals surface area contributed by atoms with Crippen LogP contribution in [0.3, 0.4) is 0 Å². The zero-order valence-electron chi connectivity index (χ0n) is 9.19. The van der Waals surface area contributed by atoms with Crippen molar-refractivity contribution in [1.82, 2.24) is 19.9 Å². The highest BCUT2D eigenvalue weighted by molar-refractivity contribution is 7.71. The van der Waals surface area contributed by atoms with Crippen LogP contribution in [0.1, 0.15) is 18.3 Å². The van der Waals surface area contributed by atoms with Crippen LogP contribution in [0.4, 0.5) is 0 Å². The van der Waals surface area contributed by atoms with Crippen molar-refractivity contribution < 1.29 is 0 Å². The average molecular weight is 232 g/mol. The predicted molar refractivity (Wildman–Crippen MR) is 64.6 cm³/mol. The molecule has 0 aromatic carbocycles. The molecule has 0 aliphatic heterocycles. The van der Waals surface area contributed by atoms with Gasteiger partial charge in [0.2, 0.25) is 0 Å². The Balaban J connectivity index is 2.65. The number of aromatic amines is 1. The Kier molecular flexibility index (Phi) is 3.05. The van der Waals surface area contributed by atoms with E-state index in [0.29, 0.717) is 4.64 Å². The van der Waals surface area contributed by atoms with Gasteiger partial charge in [-0.15, -0.1) is 0 Å². The molecule has 1 N–H and O–H groups in total. The summed E-state index contributed by atoms with van der Waals surface area (Å²) in [6.45, 7) is 3.99. The molecule has 0 bridgehead atoms. The molecule has 0 saturated heterocycles. The van der Waals surface area contributed by atoms with E-state index in [9.17, 15) is 0 Å². The third-order valence-corrected chi connectivity index (χ3v) is 2.78. The Bertz CT molecular complexity index is 548. The van der Waals surface area contributed by atoms with E-state index in [-0.39, 0.29) is 0 Å². The topological polar surface area (TPSA) is 54.5 Å². The molecule has 5 heteroatoms. The molecule has 2 aromatic heterocycles. The molecule has 0 amide bonds. The van der Waals surface area contributed by atoms with Crippen molar-refractivity contribution in [3.8, 4) is 11.3 Å². The van der Waals surface area contributed by atoms with Crippen molar-refractivity contribution in [3.05, 3.63) is 34.7 Å². The fourth-order valence-electron chi connectivity index (χ4n) is 1.46. The summed E-state index contributed by atoms with van der Waals surface area (Å²) in [7, 11) is 0. The first-order valence-corrected chi connectivity index (χ1v) is 5.48. The van der Waals surface area contributed by atoms with Crippen LogP contribution in [-0.2, 0) is 6.42 Å². The van der Waals surface area contributed by atoms with Crippen LogP contribution in [0.25, 0.3) is 11.3 Å². The van der Waals surface area contributed by atoms with Gasteiger partial charge in [-0.2, -0.15) is 0 Å². The minimum absolute atomic E-state index is 0.634. The Morgan fingerprint density at radius 2 is 2.00 bits per heavy atom. The Labute approximate surface area is 98.8 Å². The van der Waals surface area contributed by atoms with Crippen molar-refractivity contribution in [2.75, 3.05) is 0 Å². The molecule has 16 heavy (non-hydrogen) atoms. The molecule has 0 aliphatic rings. The Morgan fingerprint density at radius 1 is 1.31 bits per heavy atom. The average Bonchev–Trinajstić information content (AvgIpc) is 2.33. The maximum atomic E-state index is 5.22. The number of hydrogen-bond acceptors (Lipinski definition) is 4. The van der Waals surface area contributed by atoms with E-state index >= 15 is 0 Å². The normalized spacial score (nSPS) is 10.4. The van der Waals surface area contributed by atoms with E-state index in [1.54, 1.807) is 12.4 Å². The summed E-state index contributed by atoms with van der Waals surface area (Å²) in [6.07, 6.45) is 5.86. The number of rotatable bonds is 2. The van der Waals surface area contributed by atoms with Crippen molar-refractivity contribution >= 4 is 12.2 Å². The fraction of sp³-hybridized carbons (Fsp3) is 0.273. The van der Waals surface area contributed by atoms with Crippen LogP contribution < -0.4 is 0 Å². The first-order valence-electron chi connectivity index (χ1n) is 5.07. The molecule has 2 rings (SSSR count). The van der Waals surface area contributed by atoms with Crippen molar-refractivity contribution in [2.45, 2.75) is 20.3 Å². The van der Waals surface area contributed by atoms with Gasteiger partial charge in [-0.05, 0) is 6.92 Å². The monoisotopic (exact) mass is 232 g/mol. The van der Waals surface area contributed by atoms with Gasteiger partial charge in [-0.3, -0.25) is 0 Å². The summed E-state index contributed by atoms with van der Waals surface area (Å²) in [6, 6.07) is 0. The quantitative estimate of drug-likeness (QED) is 0.808. The zero-order chi connectivity index (χ0) is 11.5. The summed E-state index contributed by atoms with van der Waals surface area (Å²) in [4.78, 5) is 15.6. The molecule has 0 spiro atoms. The lowest BCUT2D eigenvalue weighted by Gasteiger charge is -2.07. The van der Waals surface area contributed by atoms with Gasteiger partial charge in [-0.25, -0.2) is 15.0 Å². The van der Waals surface area contributed by atoms with E-state index in [0.717, 1.165) is 29.1 Å². The second-order valence-electron chi connectivity index (χ2n) is 3.47. The fourth-order valence-corrected chi connectivity index (χ4v) is 1.68. The lowest BCUT2D eigenvalue weighted by Crippen LogP contribution is -1.99. The van der Waals surface area contributed by atoms with Gasteiger partial charge in [0.1, 0.15) is 16.8 Å². The van der Waals surface area contributed by atoms with Crippen molar-refractivity contribution in [1.29, 1.82) is 0 Å². The molecular weight excluding hydrogens is 220 g/mol. The highest BCUT2D eigenvalue weighted by Crippen LogP contribution is 2.19. The standard InChI is InChI=1S/C11H12N4S/c1-3-9-14-10(7(2)11(16)15-9)8-4-12-6-13-5-8/h4-6H,3H2,1-2H3,(H,14,15,16). The van der Waals surface area contributed by atoms with Crippen molar-refractivity contribution in [3.63, 3.8) is 0 Å². The first-order chi connectivity index (χ1) is 7.72. The van der Waals surface area contributed by atoms with Gasteiger partial charge < -0.3 is 4.98 Å². The third-order valence-electron chi connectivity index (χ3n) is 2.39.